The number of carboxylic acid groups (broad SMARTS) is 2. The molecule has 78 heavy (non-hydrogen) atoms. The van der Waals surface area contributed by atoms with E-state index in [1.165, 1.54) is 24.3 Å². The van der Waals surface area contributed by atoms with Crippen molar-refractivity contribution in [2.75, 3.05) is 25.1 Å². The minimum absolute atomic E-state index is 0.00493. The summed E-state index contributed by atoms with van der Waals surface area (Å²) in [7, 11) is 0. The third-order valence-corrected chi connectivity index (χ3v) is 11.9. The Hall–Kier alpha value is -8.55. The molecule has 0 aliphatic rings. The van der Waals surface area contributed by atoms with Gasteiger partial charge in [0.25, 0.3) is 0 Å². The highest BCUT2D eigenvalue weighted by Crippen LogP contribution is 2.11. The van der Waals surface area contributed by atoms with Crippen LogP contribution in [0.3, 0.4) is 0 Å². The van der Waals surface area contributed by atoms with Gasteiger partial charge in [-0.05, 0) is 62.5 Å². The number of carboxylic acids is 2. The van der Waals surface area contributed by atoms with Crippen LogP contribution in [-0.4, -0.2) is 171 Å². The van der Waals surface area contributed by atoms with E-state index in [-0.39, 0.29) is 70.0 Å². The van der Waals surface area contributed by atoms with E-state index in [0.29, 0.717) is 17.0 Å². The third kappa shape index (κ3) is 26.3. The topological polar surface area (TPSA) is 548 Å². The molecule has 24 N–H and O–H groups in total. The van der Waals surface area contributed by atoms with Crippen molar-refractivity contribution < 1.29 is 63.0 Å². The zero-order valence-corrected chi connectivity index (χ0v) is 43.8. The van der Waals surface area contributed by atoms with Crippen LogP contribution in [-0.2, 0) is 65.6 Å². The molecule has 0 bridgehead atoms. The molecule has 0 aliphatic heterocycles. The van der Waals surface area contributed by atoms with Crippen molar-refractivity contribution in [2.45, 2.75) is 125 Å². The van der Waals surface area contributed by atoms with E-state index in [1.54, 1.807) is 36.6 Å². The first-order valence-electron chi connectivity index (χ1n) is 24.4. The monoisotopic (exact) mass is 1120 g/mol. The Morgan fingerprint density at radius 2 is 0.974 bits per heavy atom. The molecule has 1 aromatic carbocycles. The number of amides is 9. The summed E-state index contributed by atoms with van der Waals surface area (Å²) in [5.74, 6) is -11.7. The average molecular weight is 1120 g/mol. The van der Waals surface area contributed by atoms with Gasteiger partial charge in [-0.15, -0.1) is 0 Å². The molecule has 0 saturated heterocycles. The number of aromatic nitrogens is 2. The highest BCUT2D eigenvalue weighted by atomic mass is 32.2. The summed E-state index contributed by atoms with van der Waals surface area (Å²) in [6, 6.07) is -3.93. The largest absolute Gasteiger partial charge is 0.481 e. The number of rotatable bonds is 38. The predicted octanol–water partition coefficient (Wildman–Crippen LogP) is -6.13. The highest BCUT2D eigenvalue weighted by Gasteiger charge is 2.35. The van der Waals surface area contributed by atoms with Crippen LogP contribution in [0.1, 0.15) is 75.5 Å². The Kier molecular flexibility index (Phi) is 29.3. The molecule has 1 aromatic heterocycles. The van der Waals surface area contributed by atoms with Gasteiger partial charge in [0.15, 0.2) is 11.9 Å². The van der Waals surface area contributed by atoms with E-state index in [1.807, 2.05) is 0 Å². The second kappa shape index (κ2) is 34.9. The number of primary amides is 2. The standard InChI is InChI=1S/C46H72N18O13S/c1-78-18-15-30(41(73)62-31(44(76)77)10-6-17-56-46(52)53)61-38(70)27(9-5-16-55-45(50)51)58-39(71)28(11-13-34(48)65)59-40(72)29(12-14-35(49)66)60-42(74)32(19-24-7-3-2-4-8-24)64-43(75)33(20-25-22-54-23-57-25)63-37(69)26(47)21-36(67)68/h2-4,7-8,22-23,26-33H,5-6,9-21,47H2,1H3,(H2,48,65)(H2,49,66)(H,54,57)(H,58,71)(H,59,72)(H,60,74)(H,61,70)(H,62,73)(H,63,69)(H,64,75)(H,67,68)(H,76,77)(H4,50,51,55)(H4,52,53,56)/t26-,27-,28-,29-,30-,31-,32-,33-/m0/s1. The van der Waals surface area contributed by atoms with E-state index in [2.05, 4.69) is 57.2 Å². The van der Waals surface area contributed by atoms with Gasteiger partial charge in [-0.1, -0.05) is 30.3 Å². The molecule has 0 radical (unpaired) electrons. The molecule has 32 heteroatoms. The number of nitrogens with one attached hydrogen (secondary N) is 8. The fraction of sp³-hybridized carbons (Fsp3) is 0.522. The second-order valence-corrected chi connectivity index (χ2v) is 18.6. The fourth-order valence-electron chi connectivity index (χ4n) is 7.23. The molecule has 8 atom stereocenters. The minimum Gasteiger partial charge on any atom is -0.481 e. The zero-order chi connectivity index (χ0) is 58.3. The maximum Gasteiger partial charge on any atom is 0.326 e. The Morgan fingerprint density at radius 3 is 1.40 bits per heavy atom. The van der Waals surface area contributed by atoms with Gasteiger partial charge in [-0.25, -0.2) is 9.78 Å². The third-order valence-electron chi connectivity index (χ3n) is 11.3. The van der Waals surface area contributed by atoms with Crippen molar-refractivity contribution in [3.05, 3.63) is 54.1 Å². The molecule has 31 nitrogen and oxygen atoms in total. The van der Waals surface area contributed by atoms with Crippen LogP contribution < -0.4 is 77.4 Å². The fourth-order valence-corrected chi connectivity index (χ4v) is 7.70. The number of hydrogen-bond acceptors (Lipinski definition) is 16. The molecule has 0 spiro atoms. The van der Waals surface area contributed by atoms with Gasteiger partial charge in [0, 0.05) is 50.7 Å². The summed E-state index contributed by atoms with van der Waals surface area (Å²) in [5, 5.41) is 36.4. The van der Waals surface area contributed by atoms with Crippen LogP contribution in [0, 0.1) is 0 Å². The summed E-state index contributed by atoms with van der Waals surface area (Å²) in [6.07, 6.45) is 1.17. The summed E-state index contributed by atoms with van der Waals surface area (Å²) in [6.45, 7) is 0.0388. The van der Waals surface area contributed by atoms with Crippen molar-refractivity contribution in [2.24, 2.45) is 50.1 Å². The molecular weight excluding hydrogens is 1040 g/mol. The maximum atomic E-state index is 14.3. The number of nitrogens with zero attached hydrogens (tertiary/aromatic N) is 3. The summed E-state index contributed by atoms with van der Waals surface area (Å²) >= 11 is 1.32. The number of nitrogens with two attached hydrogens (primary N) is 7. The van der Waals surface area contributed by atoms with Crippen molar-refractivity contribution >= 4 is 88.8 Å². The van der Waals surface area contributed by atoms with Gasteiger partial charge in [-0.2, -0.15) is 11.8 Å². The van der Waals surface area contributed by atoms with Crippen LogP contribution in [0.15, 0.2) is 52.8 Å². The number of carbonyl (C=O) groups is 11. The van der Waals surface area contributed by atoms with Crippen LogP contribution >= 0.6 is 11.8 Å². The number of aliphatic imine (C=N–C) groups is 2. The molecule has 9 amide bonds. The number of aliphatic carboxylic acids is 2. The van der Waals surface area contributed by atoms with Gasteiger partial charge in [0.05, 0.1) is 18.8 Å². The quantitative estimate of drug-likeness (QED) is 0.0169. The van der Waals surface area contributed by atoms with E-state index in [4.69, 9.17) is 40.1 Å². The van der Waals surface area contributed by atoms with Crippen molar-refractivity contribution in [1.82, 2.24) is 47.2 Å². The number of thioether (sulfide) groups is 1. The summed E-state index contributed by atoms with van der Waals surface area (Å²) in [4.78, 5) is 160. The van der Waals surface area contributed by atoms with Gasteiger partial charge in [0.2, 0.25) is 53.2 Å². The first kappa shape index (κ1) is 65.6. The van der Waals surface area contributed by atoms with Crippen LogP contribution in [0.2, 0.25) is 0 Å². The molecule has 0 fully saturated rings. The first-order chi connectivity index (χ1) is 36.9. The molecular formula is C46H72N18O13S. The Bertz CT molecular complexity index is 2410. The molecule has 1 heterocycles. The Labute approximate surface area is 452 Å². The van der Waals surface area contributed by atoms with Crippen molar-refractivity contribution in [3.63, 3.8) is 0 Å². The van der Waals surface area contributed by atoms with E-state index in [0.717, 1.165) is 0 Å². The molecule has 0 unspecified atom stereocenters. The number of carbonyl (C=O) groups excluding carboxylic acids is 9. The number of hydrogen-bond donors (Lipinski definition) is 17. The SMILES string of the molecule is CSCC[C@H](NC(=O)[C@H](CCCN=C(N)N)NC(=O)[C@H](CCC(N)=O)NC(=O)[C@H](CCC(N)=O)NC(=O)[C@H](Cc1ccccc1)NC(=O)[C@H](Cc1cnc[nH]1)NC(=O)[C@@H](N)CC(=O)O)C(=O)N[C@@H](CCCN=C(N)N)C(=O)O. The molecule has 2 aromatic rings. The average Bonchev–Trinajstić information content (AvgIpc) is 3.89. The number of imidazole rings is 1. The first-order valence-corrected chi connectivity index (χ1v) is 25.8. The lowest BCUT2D eigenvalue weighted by Gasteiger charge is -2.28. The molecule has 2 rings (SSSR count). The lowest BCUT2D eigenvalue weighted by molar-refractivity contribution is -0.142. The van der Waals surface area contributed by atoms with Crippen molar-refractivity contribution in [3.8, 4) is 0 Å². The minimum atomic E-state index is -1.69. The van der Waals surface area contributed by atoms with E-state index >= 15 is 0 Å². The summed E-state index contributed by atoms with van der Waals surface area (Å²) in [5.41, 5.74) is 39.1. The van der Waals surface area contributed by atoms with E-state index in [9.17, 15) is 63.0 Å². The summed E-state index contributed by atoms with van der Waals surface area (Å²) < 4.78 is 0. The zero-order valence-electron chi connectivity index (χ0n) is 42.9. The van der Waals surface area contributed by atoms with Gasteiger partial charge in [0.1, 0.15) is 42.3 Å². The van der Waals surface area contributed by atoms with Gasteiger partial charge in [-0.3, -0.25) is 57.9 Å². The Balaban J connectivity index is 2.52. The van der Waals surface area contributed by atoms with Crippen molar-refractivity contribution in [1.29, 1.82) is 0 Å². The van der Waals surface area contributed by atoms with Crippen LogP contribution in [0.25, 0.3) is 0 Å². The lowest BCUT2D eigenvalue weighted by Crippen LogP contribution is -2.60. The van der Waals surface area contributed by atoms with Gasteiger partial charge >= 0.3 is 11.9 Å². The normalized spacial score (nSPS) is 13.9. The maximum absolute atomic E-state index is 14.3. The van der Waals surface area contributed by atoms with Gasteiger partial charge < -0.3 is 92.6 Å². The second-order valence-electron chi connectivity index (χ2n) is 17.6. The molecule has 0 saturated carbocycles. The number of benzene rings is 1. The molecule has 0 aliphatic carbocycles. The number of aromatic amines is 1. The number of guanidine groups is 2. The highest BCUT2D eigenvalue weighted by molar-refractivity contribution is 7.98. The van der Waals surface area contributed by atoms with Crippen LogP contribution in [0.5, 0.6) is 0 Å². The molecule has 430 valence electrons. The van der Waals surface area contributed by atoms with Crippen LogP contribution in [0.4, 0.5) is 0 Å². The number of H-pyrrole nitrogens is 1. The predicted molar refractivity (Wildman–Crippen MR) is 283 cm³/mol. The smallest absolute Gasteiger partial charge is 0.326 e. The van der Waals surface area contributed by atoms with E-state index < -0.39 is 146 Å². The Morgan fingerprint density at radius 1 is 0.564 bits per heavy atom. The lowest BCUT2D eigenvalue weighted by atomic mass is 10.0.